The maximum atomic E-state index is 11.8. The van der Waals surface area contributed by atoms with E-state index in [0.29, 0.717) is 17.8 Å². The number of hydrogen-bond acceptors (Lipinski definition) is 3. The summed E-state index contributed by atoms with van der Waals surface area (Å²) in [6.07, 6.45) is 0.443. The predicted molar refractivity (Wildman–Crippen MR) is 76.9 cm³/mol. The second-order valence-corrected chi connectivity index (χ2v) is 4.95. The zero-order valence-corrected chi connectivity index (χ0v) is 11.6. The van der Waals surface area contributed by atoms with Gasteiger partial charge in [-0.25, -0.2) is 0 Å². The molecule has 0 aliphatic carbocycles. The fraction of sp³-hybridized carbons (Fsp3) is 0.429. The van der Waals surface area contributed by atoms with Crippen molar-refractivity contribution in [1.29, 1.82) is 0 Å². The quantitative estimate of drug-likeness (QED) is 0.758. The molecule has 0 fully saturated rings. The number of amides is 2. The molecule has 104 valence electrons. The van der Waals surface area contributed by atoms with E-state index in [1.54, 1.807) is 12.1 Å². The van der Waals surface area contributed by atoms with Gasteiger partial charge in [0.25, 0.3) is 0 Å². The number of carbonyl (C=O) groups excluding carboxylic acids is 2. The van der Waals surface area contributed by atoms with Crippen molar-refractivity contribution in [1.82, 2.24) is 0 Å². The van der Waals surface area contributed by atoms with Crippen molar-refractivity contribution in [3.63, 3.8) is 0 Å². The third-order valence-electron chi connectivity index (χ3n) is 2.50. The minimum absolute atomic E-state index is 0.0675. The molecule has 4 N–H and O–H groups in total. The Labute approximate surface area is 113 Å². The maximum Gasteiger partial charge on any atom is 0.238 e. The Hall–Kier alpha value is -1.88. The van der Waals surface area contributed by atoms with Crippen molar-refractivity contribution in [2.75, 3.05) is 17.2 Å². The Morgan fingerprint density at radius 2 is 1.79 bits per heavy atom. The molecule has 1 aromatic rings. The van der Waals surface area contributed by atoms with E-state index in [1.807, 2.05) is 26.8 Å². The summed E-state index contributed by atoms with van der Waals surface area (Å²) in [6.45, 7) is 5.78. The number of carbonyl (C=O) groups is 2. The Bertz CT molecular complexity index is 470. The molecule has 0 atom stereocenters. The van der Waals surface area contributed by atoms with Crippen LogP contribution in [0.25, 0.3) is 0 Å². The van der Waals surface area contributed by atoms with Gasteiger partial charge in [-0.3, -0.25) is 9.59 Å². The average Bonchev–Trinajstić information content (AvgIpc) is 2.31. The molecule has 1 aromatic carbocycles. The Morgan fingerprint density at radius 1 is 1.16 bits per heavy atom. The molecule has 2 amide bonds. The predicted octanol–water partition coefficient (Wildman–Crippen LogP) is 1.88. The first kappa shape index (κ1) is 15.2. The van der Waals surface area contributed by atoms with Gasteiger partial charge >= 0.3 is 0 Å². The monoisotopic (exact) mass is 263 g/mol. The highest BCUT2D eigenvalue weighted by molar-refractivity contribution is 6.00. The highest BCUT2D eigenvalue weighted by atomic mass is 16.2. The average molecular weight is 263 g/mol. The SMILES string of the molecule is Cc1ccc(NC(=O)CC(C)C)c(NC(=O)CN)c1. The lowest BCUT2D eigenvalue weighted by Crippen LogP contribution is -2.23. The first-order valence-electron chi connectivity index (χ1n) is 6.32. The summed E-state index contributed by atoms with van der Waals surface area (Å²) in [7, 11) is 0. The summed E-state index contributed by atoms with van der Waals surface area (Å²) in [5.41, 5.74) is 7.44. The number of hydrogen-bond donors (Lipinski definition) is 3. The van der Waals surface area contributed by atoms with E-state index in [9.17, 15) is 9.59 Å². The molecule has 1 rings (SSSR count). The van der Waals surface area contributed by atoms with Crippen LogP contribution < -0.4 is 16.4 Å². The van der Waals surface area contributed by atoms with E-state index >= 15 is 0 Å². The number of nitrogens with one attached hydrogen (secondary N) is 2. The topological polar surface area (TPSA) is 84.2 Å². The number of aryl methyl sites for hydroxylation is 1. The molecule has 0 radical (unpaired) electrons. The summed E-state index contributed by atoms with van der Waals surface area (Å²) in [6, 6.07) is 5.46. The van der Waals surface area contributed by atoms with Crippen LogP contribution in [0.15, 0.2) is 18.2 Å². The highest BCUT2D eigenvalue weighted by Crippen LogP contribution is 2.23. The number of nitrogens with two attached hydrogens (primary N) is 1. The molecule has 0 aromatic heterocycles. The van der Waals surface area contributed by atoms with Gasteiger partial charge in [-0.2, -0.15) is 0 Å². The van der Waals surface area contributed by atoms with E-state index in [1.165, 1.54) is 0 Å². The second-order valence-electron chi connectivity index (χ2n) is 4.95. The van der Waals surface area contributed by atoms with E-state index < -0.39 is 0 Å². The molecule has 0 spiro atoms. The van der Waals surface area contributed by atoms with Gasteiger partial charge in [0.1, 0.15) is 0 Å². The van der Waals surface area contributed by atoms with Crippen molar-refractivity contribution in [3.8, 4) is 0 Å². The van der Waals surface area contributed by atoms with Gasteiger partial charge < -0.3 is 16.4 Å². The number of anilines is 2. The Morgan fingerprint density at radius 3 is 2.37 bits per heavy atom. The summed E-state index contributed by atoms with van der Waals surface area (Å²) in [4.78, 5) is 23.1. The van der Waals surface area contributed by atoms with Crippen LogP contribution in [0.4, 0.5) is 11.4 Å². The van der Waals surface area contributed by atoms with Crippen LogP contribution in [-0.2, 0) is 9.59 Å². The highest BCUT2D eigenvalue weighted by Gasteiger charge is 2.10. The van der Waals surface area contributed by atoms with Gasteiger partial charge in [-0.1, -0.05) is 19.9 Å². The van der Waals surface area contributed by atoms with Crippen LogP contribution >= 0.6 is 0 Å². The van der Waals surface area contributed by atoms with Crippen LogP contribution in [-0.4, -0.2) is 18.4 Å². The summed E-state index contributed by atoms with van der Waals surface area (Å²) < 4.78 is 0. The van der Waals surface area contributed by atoms with Gasteiger partial charge in [0.15, 0.2) is 0 Å². The van der Waals surface area contributed by atoms with E-state index in [0.717, 1.165) is 5.56 Å². The third-order valence-corrected chi connectivity index (χ3v) is 2.50. The standard InChI is InChI=1S/C14H21N3O2/c1-9(2)6-13(18)16-11-5-4-10(3)7-12(11)17-14(19)8-15/h4-5,7,9H,6,8,15H2,1-3H3,(H,16,18)(H,17,19). The van der Waals surface area contributed by atoms with Gasteiger partial charge in [0, 0.05) is 6.42 Å². The largest absolute Gasteiger partial charge is 0.324 e. The smallest absolute Gasteiger partial charge is 0.238 e. The maximum absolute atomic E-state index is 11.8. The number of rotatable bonds is 5. The van der Waals surface area contributed by atoms with E-state index in [4.69, 9.17) is 5.73 Å². The Balaban J connectivity index is 2.87. The van der Waals surface area contributed by atoms with Gasteiger partial charge in [0.05, 0.1) is 17.9 Å². The van der Waals surface area contributed by atoms with Crippen LogP contribution in [0, 0.1) is 12.8 Å². The van der Waals surface area contributed by atoms with E-state index in [-0.39, 0.29) is 24.3 Å². The van der Waals surface area contributed by atoms with Gasteiger partial charge in [-0.05, 0) is 30.5 Å². The Kier molecular flexibility index (Phi) is 5.51. The minimum Gasteiger partial charge on any atom is -0.324 e. The fourth-order valence-electron chi connectivity index (χ4n) is 1.64. The third kappa shape index (κ3) is 5.09. The molecule has 0 saturated heterocycles. The number of benzene rings is 1. The van der Waals surface area contributed by atoms with Crippen molar-refractivity contribution in [2.45, 2.75) is 27.2 Å². The van der Waals surface area contributed by atoms with Crippen LogP contribution in [0.2, 0.25) is 0 Å². The lowest BCUT2D eigenvalue weighted by molar-refractivity contribution is -0.117. The first-order chi connectivity index (χ1) is 8.92. The molecular formula is C14H21N3O2. The van der Waals surface area contributed by atoms with Crippen LogP contribution in [0.5, 0.6) is 0 Å². The molecule has 0 saturated carbocycles. The summed E-state index contributed by atoms with van der Waals surface area (Å²) >= 11 is 0. The molecule has 0 unspecified atom stereocenters. The molecule has 0 bridgehead atoms. The van der Waals surface area contributed by atoms with E-state index in [2.05, 4.69) is 10.6 Å². The molecule has 19 heavy (non-hydrogen) atoms. The van der Waals surface area contributed by atoms with Crippen molar-refractivity contribution in [2.24, 2.45) is 11.7 Å². The molecule has 5 nitrogen and oxygen atoms in total. The zero-order chi connectivity index (χ0) is 14.4. The normalized spacial score (nSPS) is 10.4. The van der Waals surface area contributed by atoms with Gasteiger partial charge in [-0.15, -0.1) is 0 Å². The van der Waals surface area contributed by atoms with Crippen LogP contribution in [0.3, 0.4) is 0 Å². The van der Waals surface area contributed by atoms with Gasteiger partial charge in [0.2, 0.25) is 11.8 Å². The second kappa shape index (κ2) is 6.89. The minimum atomic E-state index is -0.287. The summed E-state index contributed by atoms with van der Waals surface area (Å²) in [5, 5.41) is 5.49. The first-order valence-corrected chi connectivity index (χ1v) is 6.32. The molecule has 0 heterocycles. The zero-order valence-electron chi connectivity index (χ0n) is 11.6. The fourth-order valence-corrected chi connectivity index (χ4v) is 1.64. The lowest BCUT2D eigenvalue weighted by atomic mass is 10.1. The molecule has 0 aliphatic rings. The lowest BCUT2D eigenvalue weighted by Gasteiger charge is -2.13. The van der Waals surface area contributed by atoms with Crippen molar-refractivity contribution < 1.29 is 9.59 Å². The molecule has 5 heteroatoms. The molecule has 0 aliphatic heterocycles. The summed E-state index contributed by atoms with van der Waals surface area (Å²) in [5.74, 6) is -0.0698. The molecular weight excluding hydrogens is 242 g/mol. The van der Waals surface area contributed by atoms with Crippen LogP contribution in [0.1, 0.15) is 25.8 Å². The van der Waals surface area contributed by atoms with Crippen molar-refractivity contribution >= 4 is 23.2 Å². The van der Waals surface area contributed by atoms with Crippen molar-refractivity contribution in [3.05, 3.63) is 23.8 Å².